The van der Waals surface area contributed by atoms with Gasteiger partial charge >= 0.3 is 0 Å². The lowest BCUT2D eigenvalue weighted by atomic mass is 10.0. The van der Waals surface area contributed by atoms with E-state index >= 15 is 0 Å². The first-order valence-corrected chi connectivity index (χ1v) is 12.8. The molecule has 1 amide bonds. The summed E-state index contributed by atoms with van der Waals surface area (Å²) < 4.78 is 3.32. The van der Waals surface area contributed by atoms with Gasteiger partial charge in [-0.2, -0.15) is 0 Å². The summed E-state index contributed by atoms with van der Waals surface area (Å²) in [5, 5.41) is 0. The number of allylic oxidation sites excluding steroid dienone is 12. The molecule has 1 aliphatic carbocycles. The standard InChI is InChI=1S/C31H33N3OS/c1-6-8-10-11-12-18-28-27-21-23(3)19-20-29(27)34(5)31(35)30(32-28)33-36-22-25-16-14-13-15-24(4)26(25)17-9-7-2/h6-9,11-13,15-21,30,33H,1-2,14,22H2,3-5H3/b17-9-,18-12+. The van der Waals surface area contributed by atoms with E-state index in [0.29, 0.717) is 5.75 Å². The predicted octanol–water partition coefficient (Wildman–Crippen LogP) is 6.72. The van der Waals surface area contributed by atoms with Gasteiger partial charge in [0.2, 0.25) is 0 Å². The molecule has 2 aliphatic rings. The number of benzodiazepines with no additional fused rings is 1. The van der Waals surface area contributed by atoms with Gasteiger partial charge in [0.25, 0.3) is 5.91 Å². The SMILES string of the molecule is C=CC=C=C/C=C/C1=NC(NSCC2=CCC=CC(C)=C2/C=C\C=C)C(=O)N(C)c2ccc(C)cc21. The Bertz CT molecular complexity index is 1270. The fourth-order valence-electron chi connectivity index (χ4n) is 3.89. The maximum atomic E-state index is 13.4. The van der Waals surface area contributed by atoms with Crippen LogP contribution in [0.25, 0.3) is 0 Å². The Balaban J connectivity index is 1.87. The van der Waals surface area contributed by atoms with Crippen LogP contribution in [0.1, 0.15) is 24.5 Å². The molecule has 1 aliphatic heterocycles. The van der Waals surface area contributed by atoms with Gasteiger partial charge < -0.3 is 4.90 Å². The van der Waals surface area contributed by atoms with Gasteiger partial charge in [0.15, 0.2) is 6.17 Å². The van der Waals surface area contributed by atoms with Gasteiger partial charge in [-0.15, -0.1) is 5.73 Å². The van der Waals surface area contributed by atoms with E-state index in [1.165, 1.54) is 28.7 Å². The van der Waals surface area contributed by atoms with Crippen LogP contribution in [0, 0.1) is 6.92 Å². The Morgan fingerprint density at radius 2 is 2.03 bits per heavy atom. The molecule has 1 atom stereocenters. The third kappa shape index (κ3) is 6.96. The summed E-state index contributed by atoms with van der Waals surface area (Å²) >= 11 is 1.49. The number of likely N-dealkylation sites (N-methyl/N-ethyl adjacent to an activating group) is 1. The summed E-state index contributed by atoms with van der Waals surface area (Å²) in [6.45, 7) is 11.6. The highest BCUT2D eigenvalue weighted by atomic mass is 32.2. The van der Waals surface area contributed by atoms with E-state index in [2.05, 4.69) is 60.9 Å². The minimum Gasteiger partial charge on any atom is -0.312 e. The van der Waals surface area contributed by atoms with Crippen LogP contribution in [0.15, 0.2) is 126 Å². The summed E-state index contributed by atoms with van der Waals surface area (Å²) in [6, 6.07) is 6.05. The van der Waals surface area contributed by atoms with Gasteiger partial charge in [-0.3, -0.25) is 9.79 Å². The van der Waals surface area contributed by atoms with Gasteiger partial charge in [-0.25, -0.2) is 4.72 Å². The van der Waals surface area contributed by atoms with E-state index in [9.17, 15) is 4.79 Å². The number of carbonyl (C=O) groups is 1. The molecule has 0 saturated carbocycles. The molecule has 1 unspecified atom stereocenters. The van der Waals surface area contributed by atoms with E-state index in [-0.39, 0.29) is 5.91 Å². The normalized spacial score (nSPS) is 17.8. The van der Waals surface area contributed by atoms with Crippen molar-refractivity contribution in [3.05, 3.63) is 132 Å². The third-order valence-corrected chi connectivity index (χ3v) is 6.59. The molecule has 1 aromatic carbocycles. The second kappa shape index (κ2) is 13.5. The van der Waals surface area contributed by atoms with Crippen molar-refractivity contribution < 1.29 is 4.79 Å². The number of benzene rings is 1. The smallest absolute Gasteiger partial charge is 0.267 e. The number of aryl methyl sites for hydroxylation is 1. The van der Waals surface area contributed by atoms with Crippen molar-refractivity contribution in [2.75, 3.05) is 17.7 Å². The molecule has 0 radical (unpaired) electrons. The molecule has 0 bridgehead atoms. The topological polar surface area (TPSA) is 44.7 Å². The van der Waals surface area contributed by atoms with Gasteiger partial charge in [0, 0.05) is 18.4 Å². The fraction of sp³-hybridized carbons (Fsp3) is 0.194. The first-order valence-electron chi connectivity index (χ1n) is 11.9. The Labute approximate surface area is 219 Å². The van der Waals surface area contributed by atoms with Crippen molar-refractivity contribution in [2.45, 2.75) is 26.4 Å². The molecule has 0 fully saturated rings. The summed E-state index contributed by atoms with van der Waals surface area (Å²) in [5.41, 5.74) is 10.2. The fourth-order valence-corrected chi connectivity index (χ4v) is 4.71. The average molecular weight is 496 g/mol. The highest BCUT2D eigenvalue weighted by Gasteiger charge is 2.28. The van der Waals surface area contributed by atoms with Crippen LogP contribution in [0.2, 0.25) is 0 Å². The highest BCUT2D eigenvalue weighted by Crippen LogP contribution is 2.28. The summed E-state index contributed by atoms with van der Waals surface area (Å²) in [6.07, 6.45) is 21.5. The zero-order valence-electron chi connectivity index (χ0n) is 21.2. The molecule has 0 saturated heterocycles. The first-order chi connectivity index (χ1) is 17.5. The number of fused-ring (bicyclic) bond motifs is 1. The third-order valence-electron chi connectivity index (χ3n) is 5.74. The number of hydrogen-bond acceptors (Lipinski definition) is 4. The molecule has 184 valence electrons. The van der Waals surface area contributed by atoms with Crippen LogP contribution < -0.4 is 9.62 Å². The molecular weight excluding hydrogens is 462 g/mol. The monoisotopic (exact) mass is 495 g/mol. The van der Waals surface area contributed by atoms with E-state index in [4.69, 9.17) is 4.99 Å². The number of anilines is 1. The van der Waals surface area contributed by atoms with Crippen LogP contribution in [0.3, 0.4) is 0 Å². The van der Waals surface area contributed by atoms with Gasteiger partial charge in [0.05, 0.1) is 11.4 Å². The minimum atomic E-state index is -0.721. The van der Waals surface area contributed by atoms with Crippen molar-refractivity contribution in [1.29, 1.82) is 0 Å². The molecule has 36 heavy (non-hydrogen) atoms. The number of amides is 1. The summed E-state index contributed by atoms with van der Waals surface area (Å²) in [4.78, 5) is 19.9. The zero-order valence-corrected chi connectivity index (χ0v) is 22.0. The number of carbonyl (C=O) groups excluding carboxylic acids is 1. The molecular formula is C31H33N3OS. The van der Waals surface area contributed by atoms with Crippen molar-refractivity contribution >= 4 is 29.3 Å². The molecule has 5 heteroatoms. The molecule has 1 N–H and O–H groups in total. The Morgan fingerprint density at radius 1 is 1.19 bits per heavy atom. The number of hydrogen-bond donors (Lipinski definition) is 1. The number of aliphatic imine (C=N–C) groups is 1. The van der Waals surface area contributed by atoms with Crippen molar-refractivity contribution in [2.24, 2.45) is 4.99 Å². The Kier molecular flexibility index (Phi) is 10.1. The molecule has 3 rings (SSSR count). The lowest BCUT2D eigenvalue weighted by Crippen LogP contribution is -2.41. The molecule has 0 aromatic heterocycles. The molecule has 1 aromatic rings. The van der Waals surface area contributed by atoms with E-state index < -0.39 is 6.17 Å². The van der Waals surface area contributed by atoms with Crippen molar-refractivity contribution in [1.82, 2.24) is 4.72 Å². The van der Waals surface area contributed by atoms with Crippen LogP contribution in [0.5, 0.6) is 0 Å². The van der Waals surface area contributed by atoms with Gasteiger partial charge in [-0.05, 0) is 67.3 Å². The van der Waals surface area contributed by atoms with Gasteiger partial charge in [-0.1, -0.05) is 85.3 Å². The number of nitrogens with zero attached hydrogens (tertiary/aromatic N) is 2. The van der Waals surface area contributed by atoms with E-state index in [0.717, 1.165) is 28.9 Å². The van der Waals surface area contributed by atoms with Crippen molar-refractivity contribution in [3.8, 4) is 0 Å². The Hall–Kier alpha value is -3.63. The second-order valence-electron chi connectivity index (χ2n) is 8.40. The van der Waals surface area contributed by atoms with E-state index in [1.807, 2.05) is 37.3 Å². The van der Waals surface area contributed by atoms with Crippen LogP contribution in [-0.4, -0.2) is 30.6 Å². The lowest BCUT2D eigenvalue weighted by molar-refractivity contribution is -0.119. The average Bonchev–Trinajstić information content (AvgIpc) is 3.10. The quantitative estimate of drug-likeness (QED) is 0.235. The predicted molar refractivity (Wildman–Crippen MR) is 156 cm³/mol. The number of rotatable bonds is 9. The maximum Gasteiger partial charge on any atom is 0.267 e. The van der Waals surface area contributed by atoms with Crippen molar-refractivity contribution in [3.63, 3.8) is 0 Å². The van der Waals surface area contributed by atoms with Gasteiger partial charge in [0.1, 0.15) is 0 Å². The van der Waals surface area contributed by atoms with Crippen LogP contribution >= 0.6 is 11.9 Å². The second-order valence-corrected chi connectivity index (χ2v) is 9.21. The maximum absolute atomic E-state index is 13.4. The number of nitrogens with one attached hydrogen (secondary N) is 1. The first kappa shape index (κ1) is 27.0. The summed E-state index contributed by atoms with van der Waals surface area (Å²) in [7, 11) is 1.80. The molecule has 1 heterocycles. The molecule has 0 spiro atoms. The Morgan fingerprint density at radius 3 is 2.81 bits per heavy atom. The van der Waals surface area contributed by atoms with Crippen LogP contribution in [0.4, 0.5) is 5.69 Å². The lowest BCUT2D eigenvalue weighted by Gasteiger charge is -2.21. The zero-order chi connectivity index (χ0) is 25.9. The van der Waals surface area contributed by atoms with E-state index in [1.54, 1.807) is 36.3 Å². The molecule has 4 nitrogen and oxygen atoms in total. The summed E-state index contributed by atoms with van der Waals surface area (Å²) in [5.74, 6) is 0.596. The minimum absolute atomic E-state index is 0.104. The largest absolute Gasteiger partial charge is 0.312 e. The van der Waals surface area contributed by atoms with Crippen LogP contribution in [-0.2, 0) is 4.79 Å². The highest BCUT2D eigenvalue weighted by molar-refractivity contribution is 7.97.